The zero-order valence-corrected chi connectivity index (χ0v) is 16.0. The normalized spacial score (nSPS) is 29.2. The molecule has 0 aromatic carbocycles. The number of esters is 4. The molecule has 0 saturated carbocycles. The SMILES string of the molecule is CC(=O)OC[C@H]1OC(C)(OC(=O)O)[C@H](OC(C)=O)[C@@H](OC(C)=O)[C@H]1OC(C)=O. The first-order valence-corrected chi connectivity index (χ1v) is 8.10. The summed E-state index contributed by atoms with van der Waals surface area (Å²) < 4.78 is 30.5. The highest BCUT2D eigenvalue weighted by Gasteiger charge is 2.60. The molecule has 1 aliphatic rings. The van der Waals surface area contributed by atoms with E-state index >= 15 is 0 Å². The zero-order chi connectivity index (χ0) is 21.6. The minimum absolute atomic E-state index is 0.490. The van der Waals surface area contributed by atoms with E-state index in [9.17, 15) is 24.0 Å². The topological polar surface area (TPSA) is 161 Å². The molecule has 1 unspecified atom stereocenters. The van der Waals surface area contributed by atoms with E-state index in [1.54, 1.807) is 0 Å². The van der Waals surface area contributed by atoms with Gasteiger partial charge in [0.05, 0.1) is 0 Å². The van der Waals surface area contributed by atoms with E-state index in [4.69, 9.17) is 33.5 Å². The van der Waals surface area contributed by atoms with Gasteiger partial charge in [0.2, 0.25) is 6.10 Å². The number of carboxylic acid groups (broad SMARTS) is 1. The van der Waals surface area contributed by atoms with E-state index in [1.165, 1.54) is 0 Å². The molecule has 0 aromatic rings. The molecule has 1 aliphatic heterocycles. The van der Waals surface area contributed by atoms with Crippen molar-refractivity contribution in [3.8, 4) is 0 Å². The van der Waals surface area contributed by atoms with E-state index in [0.717, 1.165) is 34.6 Å². The van der Waals surface area contributed by atoms with Crippen molar-refractivity contribution >= 4 is 30.0 Å². The first-order chi connectivity index (χ1) is 12.9. The fourth-order valence-electron chi connectivity index (χ4n) is 2.71. The predicted octanol–water partition coefficient (Wildman–Crippen LogP) is 0.154. The molecule has 0 aliphatic carbocycles. The number of rotatable bonds is 6. The van der Waals surface area contributed by atoms with Crippen LogP contribution in [-0.4, -0.2) is 71.9 Å². The van der Waals surface area contributed by atoms with Gasteiger partial charge in [0, 0.05) is 34.6 Å². The fourth-order valence-corrected chi connectivity index (χ4v) is 2.71. The monoisotopic (exact) mass is 406 g/mol. The smallest absolute Gasteiger partial charge is 0.463 e. The summed E-state index contributed by atoms with van der Waals surface area (Å²) in [5, 5.41) is 9.05. The lowest BCUT2D eigenvalue weighted by Crippen LogP contribution is -2.68. The Labute approximate surface area is 159 Å². The van der Waals surface area contributed by atoms with Crippen LogP contribution in [0.2, 0.25) is 0 Å². The second kappa shape index (κ2) is 9.35. The van der Waals surface area contributed by atoms with Crippen molar-refractivity contribution in [3.05, 3.63) is 0 Å². The Morgan fingerprint density at radius 1 is 0.857 bits per heavy atom. The van der Waals surface area contributed by atoms with Crippen molar-refractivity contribution in [2.45, 2.75) is 64.8 Å². The third-order valence-electron chi connectivity index (χ3n) is 3.53. The Morgan fingerprint density at radius 2 is 1.36 bits per heavy atom. The number of carbonyl (C=O) groups excluding carboxylic acids is 4. The quantitative estimate of drug-likeness (QED) is 0.470. The summed E-state index contributed by atoms with van der Waals surface area (Å²) in [6.45, 7) is 4.88. The maximum Gasteiger partial charge on any atom is 0.508 e. The molecule has 0 spiro atoms. The average Bonchev–Trinajstić information content (AvgIpc) is 2.50. The Bertz CT molecular complexity index is 644. The summed E-state index contributed by atoms with van der Waals surface area (Å²) >= 11 is 0. The molecule has 0 radical (unpaired) electrons. The molecular weight excluding hydrogens is 384 g/mol. The van der Waals surface area contributed by atoms with Crippen molar-refractivity contribution in [2.24, 2.45) is 0 Å². The average molecular weight is 406 g/mol. The van der Waals surface area contributed by atoms with Gasteiger partial charge in [-0.25, -0.2) is 4.79 Å². The summed E-state index contributed by atoms with van der Waals surface area (Å²) in [6, 6.07) is 0. The lowest BCUT2D eigenvalue weighted by atomic mass is 9.92. The van der Waals surface area contributed by atoms with Crippen LogP contribution >= 0.6 is 0 Å². The first kappa shape index (κ1) is 23.1. The Kier molecular flexibility index (Phi) is 7.73. The molecule has 12 heteroatoms. The van der Waals surface area contributed by atoms with Crippen LogP contribution in [0.25, 0.3) is 0 Å². The van der Waals surface area contributed by atoms with Gasteiger partial charge in [0.15, 0.2) is 12.2 Å². The van der Waals surface area contributed by atoms with Crippen molar-refractivity contribution in [1.82, 2.24) is 0 Å². The van der Waals surface area contributed by atoms with Gasteiger partial charge in [-0.1, -0.05) is 0 Å². The minimum Gasteiger partial charge on any atom is -0.463 e. The number of hydrogen-bond donors (Lipinski definition) is 1. The van der Waals surface area contributed by atoms with Gasteiger partial charge < -0.3 is 33.5 Å². The van der Waals surface area contributed by atoms with Gasteiger partial charge in [0.1, 0.15) is 12.7 Å². The summed E-state index contributed by atoms with van der Waals surface area (Å²) in [5.41, 5.74) is 0. The number of carbonyl (C=O) groups is 5. The number of ether oxygens (including phenoxy) is 6. The third kappa shape index (κ3) is 6.37. The van der Waals surface area contributed by atoms with Crippen LogP contribution < -0.4 is 0 Å². The van der Waals surface area contributed by atoms with Gasteiger partial charge >= 0.3 is 30.0 Å². The molecule has 5 atom stereocenters. The maximum atomic E-state index is 11.6. The van der Waals surface area contributed by atoms with Gasteiger partial charge in [-0.2, -0.15) is 0 Å². The van der Waals surface area contributed by atoms with Crippen LogP contribution in [0.15, 0.2) is 0 Å². The van der Waals surface area contributed by atoms with Crippen LogP contribution in [-0.2, 0) is 47.6 Å². The van der Waals surface area contributed by atoms with Crippen molar-refractivity contribution in [3.63, 3.8) is 0 Å². The highest BCUT2D eigenvalue weighted by molar-refractivity contribution is 5.69. The molecular formula is C16H22O12. The zero-order valence-electron chi connectivity index (χ0n) is 16.0. The molecule has 0 bridgehead atoms. The van der Waals surface area contributed by atoms with E-state index in [1.807, 2.05) is 0 Å². The third-order valence-corrected chi connectivity index (χ3v) is 3.53. The van der Waals surface area contributed by atoms with Crippen LogP contribution in [0, 0.1) is 0 Å². The molecule has 1 rings (SSSR count). The van der Waals surface area contributed by atoms with E-state index < -0.39 is 66.8 Å². The maximum absolute atomic E-state index is 11.6. The van der Waals surface area contributed by atoms with Crippen LogP contribution in [0.3, 0.4) is 0 Å². The molecule has 158 valence electrons. The molecule has 0 aromatic heterocycles. The lowest BCUT2D eigenvalue weighted by Gasteiger charge is -2.48. The van der Waals surface area contributed by atoms with Crippen molar-refractivity contribution < 1.29 is 57.5 Å². The summed E-state index contributed by atoms with van der Waals surface area (Å²) in [6.07, 6.45) is -7.60. The number of hydrogen-bond acceptors (Lipinski definition) is 11. The van der Waals surface area contributed by atoms with E-state index in [2.05, 4.69) is 0 Å². The van der Waals surface area contributed by atoms with E-state index in [0.29, 0.717) is 0 Å². The predicted molar refractivity (Wildman–Crippen MR) is 85.7 cm³/mol. The van der Waals surface area contributed by atoms with Gasteiger partial charge in [-0.15, -0.1) is 0 Å². The van der Waals surface area contributed by atoms with Gasteiger partial charge in [0.25, 0.3) is 5.79 Å². The van der Waals surface area contributed by atoms with Gasteiger partial charge in [-0.05, 0) is 0 Å². The van der Waals surface area contributed by atoms with Crippen LogP contribution in [0.4, 0.5) is 4.79 Å². The Balaban J connectivity index is 3.43. The minimum atomic E-state index is -2.17. The second-order valence-electron chi connectivity index (χ2n) is 6.02. The van der Waals surface area contributed by atoms with E-state index in [-0.39, 0.29) is 0 Å². The summed E-state index contributed by atoms with van der Waals surface area (Å²) in [5.74, 6) is -5.38. The Morgan fingerprint density at radius 3 is 1.79 bits per heavy atom. The molecule has 12 nitrogen and oxygen atoms in total. The van der Waals surface area contributed by atoms with Crippen molar-refractivity contribution in [1.29, 1.82) is 0 Å². The lowest BCUT2D eigenvalue weighted by molar-refractivity contribution is -0.344. The van der Waals surface area contributed by atoms with Crippen LogP contribution in [0.5, 0.6) is 0 Å². The first-order valence-electron chi connectivity index (χ1n) is 8.10. The molecule has 1 fully saturated rings. The highest BCUT2D eigenvalue weighted by Crippen LogP contribution is 2.36. The molecule has 1 heterocycles. The molecule has 28 heavy (non-hydrogen) atoms. The van der Waals surface area contributed by atoms with Gasteiger partial charge in [-0.3, -0.25) is 19.2 Å². The molecule has 0 amide bonds. The highest BCUT2D eigenvalue weighted by atomic mass is 16.8. The summed E-state index contributed by atoms with van der Waals surface area (Å²) in [4.78, 5) is 57.0. The van der Waals surface area contributed by atoms with Crippen molar-refractivity contribution in [2.75, 3.05) is 6.61 Å². The van der Waals surface area contributed by atoms with Crippen LogP contribution in [0.1, 0.15) is 34.6 Å². The fraction of sp³-hybridized carbons (Fsp3) is 0.688. The largest absolute Gasteiger partial charge is 0.508 e. The molecule has 1 saturated heterocycles. The Hall–Kier alpha value is -2.89. The standard InChI is InChI=1S/C16H22O12/c1-7(17)23-6-11-12(24-8(2)18)13(25-9(3)19)14(26-10(4)20)16(5,27-11)28-15(21)22/h11-14H,6H2,1-5H3,(H,21,22)/t11-,12+,13+,14-,16?/m1/s1. The molecule has 1 N–H and O–H groups in total. The second-order valence-corrected chi connectivity index (χ2v) is 6.02. The summed E-state index contributed by atoms with van der Waals surface area (Å²) in [7, 11) is 0.